The number of benzene rings is 1. The molecule has 0 saturated carbocycles. The molecule has 1 amide bonds. The van der Waals surface area contributed by atoms with Gasteiger partial charge in [-0.25, -0.2) is 8.42 Å². The Morgan fingerprint density at radius 3 is 2.48 bits per heavy atom. The molecule has 0 fully saturated rings. The van der Waals surface area contributed by atoms with Crippen LogP contribution in [-0.4, -0.2) is 25.4 Å². The second kappa shape index (κ2) is 7.34. The Kier molecular flexibility index (Phi) is 5.46. The minimum absolute atomic E-state index is 0.132. The van der Waals surface area contributed by atoms with Crippen LogP contribution in [0, 0.1) is 6.92 Å². The van der Waals surface area contributed by atoms with E-state index in [1.54, 1.807) is 30.5 Å². The summed E-state index contributed by atoms with van der Waals surface area (Å²) in [5.41, 5.74) is 1.67. The molecule has 0 aliphatic carbocycles. The van der Waals surface area contributed by atoms with Crippen molar-refractivity contribution in [2.45, 2.75) is 31.3 Å². The summed E-state index contributed by atoms with van der Waals surface area (Å²) in [7, 11) is -3.73. The molecule has 0 radical (unpaired) electrons. The Morgan fingerprint density at radius 1 is 1.17 bits per heavy atom. The molecule has 0 spiro atoms. The van der Waals surface area contributed by atoms with E-state index >= 15 is 0 Å². The zero-order valence-electron chi connectivity index (χ0n) is 13.0. The molecule has 2 aromatic rings. The minimum atomic E-state index is -3.73. The van der Waals surface area contributed by atoms with Crippen molar-refractivity contribution in [1.29, 1.82) is 0 Å². The summed E-state index contributed by atoms with van der Waals surface area (Å²) in [6.07, 6.45) is 1.63. The van der Waals surface area contributed by atoms with Crippen molar-refractivity contribution in [2.24, 2.45) is 0 Å². The van der Waals surface area contributed by atoms with Gasteiger partial charge in [-0.3, -0.25) is 9.78 Å². The molecule has 122 valence electrons. The van der Waals surface area contributed by atoms with Gasteiger partial charge in [-0.15, -0.1) is 0 Å². The van der Waals surface area contributed by atoms with E-state index in [0.29, 0.717) is 5.69 Å². The number of carbonyl (C=O) groups is 1. The second-order valence-corrected chi connectivity index (χ2v) is 6.91. The predicted octanol–water partition coefficient (Wildman–Crippen LogP) is 1.37. The van der Waals surface area contributed by atoms with Crippen molar-refractivity contribution in [1.82, 2.24) is 15.0 Å². The van der Waals surface area contributed by atoms with E-state index < -0.39 is 22.0 Å². The zero-order chi connectivity index (χ0) is 16.9. The number of aromatic nitrogens is 1. The van der Waals surface area contributed by atoms with Crippen LogP contribution in [0.25, 0.3) is 0 Å². The molecule has 7 heteroatoms. The van der Waals surface area contributed by atoms with Crippen LogP contribution in [0.1, 0.15) is 18.2 Å². The molecule has 1 aromatic heterocycles. The van der Waals surface area contributed by atoms with Gasteiger partial charge in [-0.1, -0.05) is 23.8 Å². The van der Waals surface area contributed by atoms with Crippen LogP contribution in [0.4, 0.5) is 0 Å². The number of aryl methyl sites for hydroxylation is 1. The fraction of sp³-hybridized carbons (Fsp3) is 0.250. The van der Waals surface area contributed by atoms with Gasteiger partial charge in [0.2, 0.25) is 15.9 Å². The Balaban J connectivity index is 1.96. The van der Waals surface area contributed by atoms with Crippen molar-refractivity contribution in [3.63, 3.8) is 0 Å². The quantitative estimate of drug-likeness (QED) is 0.836. The molecule has 1 aromatic carbocycles. The van der Waals surface area contributed by atoms with Crippen molar-refractivity contribution in [3.05, 3.63) is 59.9 Å². The summed E-state index contributed by atoms with van der Waals surface area (Å²) in [5.74, 6) is -0.411. The number of hydrogen-bond acceptors (Lipinski definition) is 4. The average molecular weight is 333 g/mol. The van der Waals surface area contributed by atoms with Gasteiger partial charge in [0, 0.05) is 6.20 Å². The maximum absolute atomic E-state index is 12.2. The Labute approximate surface area is 136 Å². The molecule has 0 saturated heterocycles. The molecule has 2 rings (SSSR count). The van der Waals surface area contributed by atoms with Crippen LogP contribution < -0.4 is 10.0 Å². The first-order valence-corrected chi connectivity index (χ1v) is 8.63. The normalized spacial score (nSPS) is 12.6. The average Bonchev–Trinajstić information content (AvgIpc) is 2.53. The van der Waals surface area contributed by atoms with Gasteiger partial charge in [-0.05, 0) is 38.1 Å². The van der Waals surface area contributed by atoms with Crippen LogP contribution in [0.5, 0.6) is 0 Å². The summed E-state index contributed by atoms with van der Waals surface area (Å²) in [4.78, 5) is 16.2. The number of amides is 1. The standard InChI is InChI=1S/C16H19N3O3S/c1-12-6-8-15(9-7-12)23(21,22)19-13(2)16(20)18-11-14-5-3-4-10-17-14/h3-10,13,19H,11H2,1-2H3,(H,18,20)/t13-/m0/s1. The van der Waals surface area contributed by atoms with Gasteiger partial charge in [-0.2, -0.15) is 4.72 Å². The Morgan fingerprint density at radius 2 is 1.87 bits per heavy atom. The van der Waals surface area contributed by atoms with Gasteiger partial charge in [0.25, 0.3) is 0 Å². The smallest absolute Gasteiger partial charge is 0.241 e. The van der Waals surface area contributed by atoms with Crippen molar-refractivity contribution < 1.29 is 13.2 Å². The highest BCUT2D eigenvalue weighted by Crippen LogP contribution is 2.10. The lowest BCUT2D eigenvalue weighted by Gasteiger charge is -2.14. The highest BCUT2D eigenvalue weighted by molar-refractivity contribution is 7.89. The van der Waals surface area contributed by atoms with Gasteiger partial charge >= 0.3 is 0 Å². The lowest BCUT2D eigenvalue weighted by molar-refractivity contribution is -0.122. The molecule has 0 unspecified atom stereocenters. The van der Waals surface area contributed by atoms with E-state index in [1.807, 2.05) is 13.0 Å². The highest BCUT2D eigenvalue weighted by atomic mass is 32.2. The summed E-state index contributed by atoms with van der Waals surface area (Å²) in [5, 5.41) is 2.65. The van der Waals surface area contributed by atoms with Gasteiger partial charge < -0.3 is 5.32 Å². The van der Waals surface area contributed by atoms with Gasteiger partial charge in [0.1, 0.15) is 0 Å². The minimum Gasteiger partial charge on any atom is -0.349 e. The number of pyridine rings is 1. The van der Waals surface area contributed by atoms with E-state index in [0.717, 1.165) is 5.56 Å². The van der Waals surface area contributed by atoms with E-state index in [9.17, 15) is 13.2 Å². The zero-order valence-corrected chi connectivity index (χ0v) is 13.8. The molecule has 6 nitrogen and oxygen atoms in total. The van der Waals surface area contributed by atoms with Crippen molar-refractivity contribution in [3.8, 4) is 0 Å². The first-order valence-electron chi connectivity index (χ1n) is 7.15. The SMILES string of the molecule is Cc1ccc(S(=O)(=O)N[C@@H](C)C(=O)NCc2ccccn2)cc1. The fourth-order valence-electron chi connectivity index (χ4n) is 1.91. The second-order valence-electron chi connectivity index (χ2n) is 5.19. The first kappa shape index (κ1) is 17.1. The number of hydrogen-bond donors (Lipinski definition) is 2. The predicted molar refractivity (Wildman–Crippen MR) is 87.0 cm³/mol. The molecule has 1 atom stereocenters. The molecule has 0 aliphatic rings. The molecular formula is C16H19N3O3S. The lowest BCUT2D eigenvalue weighted by Crippen LogP contribution is -2.44. The van der Waals surface area contributed by atoms with Crippen LogP contribution >= 0.6 is 0 Å². The number of nitrogens with one attached hydrogen (secondary N) is 2. The maximum atomic E-state index is 12.2. The summed E-state index contributed by atoms with van der Waals surface area (Å²) in [6.45, 7) is 3.62. The lowest BCUT2D eigenvalue weighted by atomic mass is 10.2. The third-order valence-electron chi connectivity index (χ3n) is 3.23. The summed E-state index contributed by atoms with van der Waals surface area (Å²) < 4.78 is 26.8. The molecule has 0 aliphatic heterocycles. The highest BCUT2D eigenvalue weighted by Gasteiger charge is 2.21. The first-order chi connectivity index (χ1) is 10.9. The largest absolute Gasteiger partial charge is 0.349 e. The third-order valence-corrected chi connectivity index (χ3v) is 4.78. The topological polar surface area (TPSA) is 88.2 Å². The van der Waals surface area contributed by atoms with E-state index in [-0.39, 0.29) is 11.4 Å². The molecule has 23 heavy (non-hydrogen) atoms. The monoisotopic (exact) mass is 333 g/mol. The molecular weight excluding hydrogens is 314 g/mol. The Bertz CT molecular complexity index is 759. The summed E-state index contributed by atoms with van der Waals surface area (Å²) in [6, 6.07) is 10.9. The number of nitrogens with zero attached hydrogens (tertiary/aromatic N) is 1. The number of sulfonamides is 1. The van der Waals surface area contributed by atoms with Crippen LogP contribution in [0.15, 0.2) is 53.6 Å². The summed E-state index contributed by atoms with van der Waals surface area (Å²) >= 11 is 0. The van der Waals surface area contributed by atoms with Crippen molar-refractivity contribution in [2.75, 3.05) is 0 Å². The fourth-order valence-corrected chi connectivity index (χ4v) is 3.11. The van der Waals surface area contributed by atoms with E-state index in [1.165, 1.54) is 19.1 Å². The Hall–Kier alpha value is -2.25. The maximum Gasteiger partial charge on any atom is 0.241 e. The van der Waals surface area contributed by atoms with Crippen LogP contribution in [-0.2, 0) is 21.4 Å². The molecule has 2 N–H and O–H groups in total. The molecule has 1 heterocycles. The van der Waals surface area contributed by atoms with E-state index in [4.69, 9.17) is 0 Å². The van der Waals surface area contributed by atoms with Crippen LogP contribution in [0.3, 0.4) is 0 Å². The van der Waals surface area contributed by atoms with Crippen LogP contribution in [0.2, 0.25) is 0 Å². The van der Waals surface area contributed by atoms with E-state index in [2.05, 4.69) is 15.0 Å². The third kappa shape index (κ3) is 4.87. The number of rotatable bonds is 6. The number of carbonyl (C=O) groups excluding carboxylic acids is 1. The van der Waals surface area contributed by atoms with Gasteiger partial charge in [0.15, 0.2) is 0 Å². The van der Waals surface area contributed by atoms with Crippen molar-refractivity contribution >= 4 is 15.9 Å². The molecule has 0 bridgehead atoms. The van der Waals surface area contributed by atoms with Gasteiger partial charge in [0.05, 0.1) is 23.2 Å².